The van der Waals surface area contributed by atoms with E-state index in [4.69, 9.17) is 16.9 Å². The van der Waals surface area contributed by atoms with Crippen molar-refractivity contribution in [3.05, 3.63) is 34.3 Å². The van der Waals surface area contributed by atoms with Crippen molar-refractivity contribution in [2.75, 3.05) is 13.6 Å². The Hall–Kier alpha value is -1.12. The monoisotopic (exact) mass is 240 g/mol. The highest BCUT2D eigenvalue weighted by Crippen LogP contribution is 2.23. The van der Waals surface area contributed by atoms with Gasteiger partial charge >= 0.3 is 0 Å². The summed E-state index contributed by atoms with van der Waals surface area (Å²) in [6.07, 6.45) is -1.92. The van der Waals surface area contributed by atoms with Crippen LogP contribution in [-0.4, -0.2) is 29.9 Å². The average molecular weight is 241 g/mol. The summed E-state index contributed by atoms with van der Waals surface area (Å²) in [7, 11) is 1.68. The highest BCUT2D eigenvalue weighted by atomic mass is 35.5. The van der Waals surface area contributed by atoms with E-state index < -0.39 is 12.2 Å². The molecule has 1 rings (SSSR count). The van der Waals surface area contributed by atoms with E-state index in [1.165, 1.54) is 12.1 Å². The molecule has 3 N–H and O–H groups in total. The largest absolute Gasteiger partial charge is 0.389 e. The van der Waals surface area contributed by atoms with Gasteiger partial charge in [0.2, 0.25) is 0 Å². The minimum Gasteiger partial charge on any atom is -0.389 e. The van der Waals surface area contributed by atoms with Gasteiger partial charge in [-0.3, -0.25) is 0 Å². The second kappa shape index (κ2) is 5.83. The Balaban J connectivity index is 2.89. The average Bonchev–Trinajstić information content (AvgIpc) is 2.28. The van der Waals surface area contributed by atoms with Gasteiger partial charge < -0.3 is 15.5 Å². The van der Waals surface area contributed by atoms with E-state index in [1.807, 2.05) is 6.07 Å². The number of benzene rings is 1. The SMILES string of the molecule is CNCC(O)C(O)c1ccc(C#N)c(Cl)c1. The maximum Gasteiger partial charge on any atom is 0.106 e. The fraction of sp³-hybridized carbons (Fsp3) is 0.364. The number of aliphatic hydroxyl groups is 2. The summed E-state index contributed by atoms with van der Waals surface area (Å²) >= 11 is 5.82. The molecule has 0 heterocycles. The predicted octanol–water partition coefficient (Wildman–Crippen LogP) is 0.825. The lowest BCUT2D eigenvalue weighted by Crippen LogP contribution is -2.29. The van der Waals surface area contributed by atoms with Crippen LogP contribution in [0.2, 0.25) is 5.02 Å². The van der Waals surface area contributed by atoms with E-state index in [2.05, 4.69) is 5.32 Å². The molecule has 2 unspecified atom stereocenters. The van der Waals surface area contributed by atoms with Crippen molar-refractivity contribution in [3.8, 4) is 6.07 Å². The molecule has 86 valence electrons. The van der Waals surface area contributed by atoms with Crippen LogP contribution in [0, 0.1) is 11.3 Å². The van der Waals surface area contributed by atoms with Gasteiger partial charge in [0.1, 0.15) is 12.2 Å². The van der Waals surface area contributed by atoms with Gasteiger partial charge in [0, 0.05) is 6.54 Å². The number of aliphatic hydroxyl groups excluding tert-OH is 2. The molecule has 0 amide bonds. The van der Waals surface area contributed by atoms with E-state index in [0.29, 0.717) is 11.1 Å². The maximum atomic E-state index is 9.78. The highest BCUT2D eigenvalue weighted by molar-refractivity contribution is 6.31. The van der Waals surface area contributed by atoms with Crippen molar-refractivity contribution in [2.24, 2.45) is 0 Å². The van der Waals surface area contributed by atoms with Gasteiger partial charge in [0.25, 0.3) is 0 Å². The highest BCUT2D eigenvalue weighted by Gasteiger charge is 2.18. The molecule has 0 aromatic heterocycles. The number of halogens is 1. The molecule has 0 aliphatic heterocycles. The molecule has 2 atom stereocenters. The second-order valence-electron chi connectivity index (χ2n) is 3.42. The molecule has 1 aromatic rings. The van der Waals surface area contributed by atoms with Crippen LogP contribution in [0.5, 0.6) is 0 Å². The van der Waals surface area contributed by atoms with Crippen LogP contribution in [0.4, 0.5) is 0 Å². The van der Waals surface area contributed by atoms with Crippen LogP contribution in [0.1, 0.15) is 17.2 Å². The third kappa shape index (κ3) is 2.94. The number of likely N-dealkylation sites (N-methyl/N-ethyl adjacent to an activating group) is 1. The molecule has 0 aliphatic rings. The molecule has 0 saturated heterocycles. The fourth-order valence-electron chi connectivity index (χ4n) is 1.35. The van der Waals surface area contributed by atoms with E-state index in [9.17, 15) is 10.2 Å². The molecule has 4 nitrogen and oxygen atoms in total. The Morgan fingerprint density at radius 2 is 2.19 bits per heavy atom. The number of hydrogen-bond acceptors (Lipinski definition) is 4. The van der Waals surface area contributed by atoms with Gasteiger partial charge in [0.15, 0.2) is 0 Å². The van der Waals surface area contributed by atoms with Crippen LogP contribution >= 0.6 is 11.6 Å². The Morgan fingerprint density at radius 1 is 1.50 bits per heavy atom. The van der Waals surface area contributed by atoms with Gasteiger partial charge in [-0.25, -0.2) is 0 Å². The summed E-state index contributed by atoms with van der Waals surface area (Å²) < 4.78 is 0. The molecule has 5 heteroatoms. The third-order valence-corrected chi connectivity index (χ3v) is 2.55. The standard InChI is InChI=1S/C11H13ClN2O2/c1-14-6-10(15)11(16)7-2-3-8(5-13)9(12)4-7/h2-4,10-11,14-16H,6H2,1H3. The number of nitriles is 1. The molecule has 0 spiro atoms. The first kappa shape index (κ1) is 12.9. The van der Waals surface area contributed by atoms with Crippen molar-refractivity contribution in [1.29, 1.82) is 5.26 Å². The molecule has 1 aromatic carbocycles. The van der Waals surface area contributed by atoms with Gasteiger partial charge in [-0.1, -0.05) is 17.7 Å². The van der Waals surface area contributed by atoms with Crippen LogP contribution in [-0.2, 0) is 0 Å². The Kier molecular flexibility index (Phi) is 4.71. The number of nitrogens with zero attached hydrogens (tertiary/aromatic N) is 1. The zero-order valence-corrected chi connectivity index (χ0v) is 9.57. The molecule has 0 bridgehead atoms. The molecule has 16 heavy (non-hydrogen) atoms. The molecular formula is C11H13ClN2O2. The smallest absolute Gasteiger partial charge is 0.106 e. The predicted molar refractivity (Wildman–Crippen MR) is 61.1 cm³/mol. The van der Waals surface area contributed by atoms with Gasteiger partial charge in [0.05, 0.1) is 16.7 Å². The normalized spacial score (nSPS) is 14.2. The summed E-state index contributed by atoms with van der Waals surface area (Å²) in [6.45, 7) is 0.277. The minimum absolute atomic E-state index is 0.274. The molecule has 0 saturated carbocycles. The van der Waals surface area contributed by atoms with E-state index >= 15 is 0 Å². The summed E-state index contributed by atoms with van der Waals surface area (Å²) in [5.41, 5.74) is 0.840. The Labute approximate surface area is 99.1 Å². The lowest BCUT2D eigenvalue weighted by Gasteiger charge is -2.18. The number of hydrogen-bond donors (Lipinski definition) is 3. The first-order valence-corrected chi connectivity index (χ1v) is 5.18. The minimum atomic E-state index is -1.02. The van der Waals surface area contributed by atoms with Crippen molar-refractivity contribution in [1.82, 2.24) is 5.32 Å². The summed E-state index contributed by atoms with van der Waals surface area (Å²) in [6, 6.07) is 6.52. The molecule has 0 radical (unpaired) electrons. The van der Waals surface area contributed by atoms with Crippen molar-refractivity contribution < 1.29 is 10.2 Å². The van der Waals surface area contributed by atoms with E-state index in [0.717, 1.165) is 0 Å². The first-order valence-electron chi connectivity index (χ1n) is 4.80. The summed E-state index contributed by atoms with van der Waals surface area (Å²) in [5.74, 6) is 0. The quantitative estimate of drug-likeness (QED) is 0.729. The fourth-order valence-corrected chi connectivity index (χ4v) is 1.58. The van der Waals surface area contributed by atoms with Crippen molar-refractivity contribution >= 4 is 11.6 Å². The van der Waals surface area contributed by atoms with E-state index in [-0.39, 0.29) is 11.6 Å². The maximum absolute atomic E-state index is 9.78. The van der Waals surface area contributed by atoms with Crippen LogP contribution in [0.15, 0.2) is 18.2 Å². The van der Waals surface area contributed by atoms with Crippen LogP contribution in [0.3, 0.4) is 0 Å². The van der Waals surface area contributed by atoms with Gasteiger partial charge in [-0.15, -0.1) is 0 Å². The topological polar surface area (TPSA) is 76.3 Å². The van der Waals surface area contributed by atoms with Gasteiger partial charge in [-0.05, 0) is 24.7 Å². The lowest BCUT2D eigenvalue weighted by atomic mass is 10.0. The first-order chi connectivity index (χ1) is 7.60. The number of rotatable bonds is 4. The zero-order valence-electron chi connectivity index (χ0n) is 8.81. The Bertz CT molecular complexity index is 403. The van der Waals surface area contributed by atoms with Gasteiger partial charge in [-0.2, -0.15) is 5.26 Å². The van der Waals surface area contributed by atoms with Crippen LogP contribution < -0.4 is 5.32 Å². The Morgan fingerprint density at radius 3 is 2.69 bits per heavy atom. The van der Waals surface area contributed by atoms with Crippen molar-refractivity contribution in [3.63, 3.8) is 0 Å². The third-order valence-electron chi connectivity index (χ3n) is 2.23. The summed E-state index contributed by atoms with van der Waals surface area (Å²) in [4.78, 5) is 0. The molecular weight excluding hydrogens is 228 g/mol. The number of nitrogens with one attached hydrogen (secondary N) is 1. The van der Waals surface area contributed by atoms with E-state index in [1.54, 1.807) is 13.1 Å². The second-order valence-corrected chi connectivity index (χ2v) is 3.83. The van der Waals surface area contributed by atoms with Crippen LogP contribution in [0.25, 0.3) is 0 Å². The summed E-state index contributed by atoms with van der Waals surface area (Å²) in [5, 5.41) is 31.1. The molecule has 0 fully saturated rings. The van der Waals surface area contributed by atoms with Crippen molar-refractivity contribution in [2.45, 2.75) is 12.2 Å². The zero-order chi connectivity index (χ0) is 12.1. The lowest BCUT2D eigenvalue weighted by molar-refractivity contribution is 0.0202. The molecule has 0 aliphatic carbocycles.